The molecule has 1 aromatic heterocycles. The number of hydrogen-bond acceptors (Lipinski definition) is 4. The van der Waals surface area contributed by atoms with E-state index in [0.717, 1.165) is 24.2 Å². The number of hydrogen-bond donors (Lipinski definition) is 2. The molecule has 0 saturated carbocycles. The van der Waals surface area contributed by atoms with Crippen molar-refractivity contribution >= 4 is 28.9 Å². The van der Waals surface area contributed by atoms with Gasteiger partial charge in [0.15, 0.2) is 0 Å². The number of carbonyl (C=O) groups excluding carboxylic acids is 1. The van der Waals surface area contributed by atoms with E-state index in [9.17, 15) is 4.79 Å². The molecule has 0 aliphatic heterocycles. The van der Waals surface area contributed by atoms with Crippen LogP contribution in [0.3, 0.4) is 0 Å². The van der Waals surface area contributed by atoms with Crippen molar-refractivity contribution in [3.05, 3.63) is 47.2 Å². The zero-order valence-corrected chi connectivity index (χ0v) is 14.0. The minimum atomic E-state index is -0.155. The molecule has 2 aromatic rings. The van der Waals surface area contributed by atoms with Gasteiger partial charge >= 0.3 is 0 Å². The third kappa shape index (κ3) is 4.86. The van der Waals surface area contributed by atoms with Crippen molar-refractivity contribution < 1.29 is 9.53 Å². The largest absolute Gasteiger partial charge is 0.495 e. The summed E-state index contributed by atoms with van der Waals surface area (Å²) >= 11 is 6.09. The zero-order chi connectivity index (χ0) is 16.7. The number of nitrogens with zero attached hydrogens (tertiary/aromatic N) is 1. The minimum absolute atomic E-state index is 0.155. The molecule has 1 heterocycles. The number of pyridine rings is 1. The van der Waals surface area contributed by atoms with Crippen molar-refractivity contribution in [2.75, 3.05) is 19.0 Å². The van der Waals surface area contributed by atoms with Gasteiger partial charge in [-0.15, -0.1) is 0 Å². The number of halogens is 1. The first-order chi connectivity index (χ1) is 11.1. The van der Waals surface area contributed by atoms with E-state index in [2.05, 4.69) is 22.5 Å². The lowest BCUT2D eigenvalue weighted by atomic mass is 10.2. The first kappa shape index (κ1) is 17.1. The molecule has 0 radical (unpaired) electrons. The maximum atomic E-state index is 11.9. The fourth-order valence-electron chi connectivity index (χ4n) is 1.98. The van der Waals surface area contributed by atoms with Gasteiger partial charge in [-0.2, -0.15) is 0 Å². The summed E-state index contributed by atoms with van der Waals surface area (Å²) < 4.78 is 5.12. The number of rotatable bonds is 7. The summed E-state index contributed by atoms with van der Waals surface area (Å²) in [6.45, 7) is 2.75. The quantitative estimate of drug-likeness (QED) is 0.751. The number of anilines is 2. The summed E-state index contributed by atoms with van der Waals surface area (Å²) in [6.07, 6.45) is 3.62. The van der Waals surface area contributed by atoms with Crippen LogP contribution >= 0.6 is 11.6 Å². The molecule has 5 nitrogen and oxygen atoms in total. The fourth-order valence-corrected chi connectivity index (χ4v) is 2.24. The van der Waals surface area contributed by atoms with E-state index in [4.69, 9.17) is 16.3 Å². The average Bonchev–Trinajstić information content (AvgIpc) is 2.56. The molecule has 0 bridgehead atoms. The van der Waals surface area contributed by atoms with E-state index in [0.29, 0.717) is 23.0 Å². The SMILES string of the molecule is CCCCNC(=O)c1ccc(Nc2ccc(OC)c(Cl)c2)cn1. The second kappa shape index (κ2) is 8.39. The van der Waals surface area contributed by atoms with Gasteiger partial charge in [0.05, 0.1) is 24.0 Å². The van der Waals surface area contributed by atoms with E-state index in [1.54, 1.807) is 37.6 Å². The lowest BCUT2D eigenvalue weighted by Crippen LogP contribution is -2.25. The van der Waals surface area contributed by atoms with Crippen LogP contribution in [-0.4, -0.2) is 24.5 Å². The van der Waals surface area contributed by atoms with Crippen LogP contribution in [0.15, 0.2) is 36.5 Å². The minimum Gasteiger partial charge on any atom is -0.495 e. The predicted octanol–water partition coefficient (Wildman–Crippen LogP) is 4.02. The Labute approximate surface area is 141 Å². The van der Waals surface area contributed by atoms with E-state index < -0.39 is 0 Å². The van der Waals surface area contributed by atoms with Crippen LogP contribution in [-0.2, 0) is 0 Å². The molecule has 122 valence electrons. The zero-order valence-electron chi connectivity index (χ0n) is 13.2. The van der Waals surface area contributed by atoms with E-state index in [1.165, 1.54) is 0 Å². The summed E-state index contributed by atoms with van der Waals surface area (Å²) in [5.74, 6) is 0.465. The maximum Gasteiger partial charge on any atom is 0.269 e. The number of amides is 1. The normalized spacial score (nSPS) is 10.2. The second-order valence-corrected chi connectivity index (χ2v) is 5.42. The number of benzene rings is 1. The lowest BCUT2D eigenvalue weighted by Gasteiger charge is -2.09. The third-order valence-electron chi connectivity index (χ3n) is 3.25. The Morgan fingerprint density at radius 2 is 2.04 bits per heavy atom. The molecule has 1 amide bonds. The van der Waals surface area contributed by atoms with Crippen LogP contribution in [0.4, 0.5) is 11.4 Å². The average molecular weight is 334 g/mol. The first-order valence-electron chi connectivity index (χ1n) is 7.49. The van der Waals surface area contributed by atoms with Crippen LogP contribution in [0.1, 0.15) is 30.3 Å². The van der Waals surface area contributed by atoms with Gasteiger partial charge in [0, 0.05) is 12.2 Å². The number of ether oxygens (including phenoxy) is 1. The molecule has 23 heavy (non-hydrogen) atoms. The van der Waals surface area contributed by atoms with Crippen molar-refractivity contribution in [1.82, 2.24) is 10.3 Å². The van der Waals surface area contributed by atoms with Gasteiger partial charge in [0.1, 0.15) is 11.4 Å². The number of unbranched alkanes of at least 4 members (excludes halogenated alkanes) is 1. The number of aromatic nitrogens is 1. The predicted molar refractivity (Wildman–Crippen MR) is 92.8 cm³/mol. The number of carbonyl (C=O) groups is 1. The molecule has 0 aliphatic carbocycles. The van der Waals surface area contributed by atoms with Crippen molar-refractivity contribution in [1.29, 1.82) is 0 Å². The molecule has 1 aromatic carbocycles. The molecule has 0 atom stereocenters. The molecular weight excluding hydrogens is 314 g/mol. The molecular formula is C17H20ClN3O2. The Balaban J connectivity index is 1.99. The van der Waals surface area contributed by atoms with Gasteiger partial charge in [0.2, 0.25) is 0 Å². The van der Waals surface area contributed by atoms with Gasteiger partial charge in [-0.3, -0.25) is 4.79 Å². The van der Waals surface area contributed by atoms with Crippen molar-refractivity contribution in [3.8, 4) is 5.75 Å². The molecule has 2 rings (SSSR count). The smallest absolute Gasteiger partial charge is 0.269 e. The van der Waals surface area contributed by atoms with Crippen LogP contribution in [0.5, 0.6) is 5.75 Å². The van der Waals surface area contributed by atoms with E-state index in [-0.39, 0.29) is 5.91 Å². The summed E-state index contributed by atoms with van der Waals surface area (Å²) in [6, 6.07) is 8.91. The first-order valence-corrected chi connectivity index (χ1v) is 7.86. The van der Waals surface area contributed by atoms with Crippen molar-refractivity contribution in [2.24, 2.45) is 0 Å². The summed E-state index contributed by atoms with van der Waals surface area (Å²) in [4.78, 5) is 16.1. The van der Waals surface area contributed by atoms with E-state index >= 15 is 0 Å². The summed E-state index contributed by atoms with van der Waals surface area (Å²) in [5.41, 5.74) is 1.99. The highest BCUT2D eigenvalue weighted by molar-refractivity contribution is 6.32. The fraction of sp³-hybridized carbons (Fsp3) is 0.294. The molecule has 0 spiro atoms. The Morgan fingerprint density at radius 1 is 1.26 bits per heavy atom. The maximum absolute atomic E-state index is 11.9. The monoisotopic (exact) mass is 333 g/mol. The summed E-state index contributed by atoms with van der Waals surface area (Å²) in [7, 11) is 1.57. The second-order valence-electron chi connectivity index (χ2n) is 5.02. The van der Waals surface area contributed by atoms with Gasteiger partial charge in [-0.25, -0.2) is 4.98 Å². The highest BCUT2D eigenvalue weighted by atomic mass is 35.5. The molecule has 0 aliphatic rings. The number of methoxy groups -OCH3 is 1. The standard InChI is InChI=1S/C17H20ClN3O2/c1-3-4-9-19-17(22)15-7-5-13(11-20-15)21-12-6-8-16(23-2)14(18)10-12/h5-8,10-11,21H,3-4,9H2,1-2H3,(H,19,22). The summed E-state index contributed by atoms with van der Waals surface area (Å²) in [5, 5.41) is 6.54. The molecule has 6 heteroatoms. The third-order valence-corrected chi connectivity index (χ3v) is 3.55. The highest BCUT2D eigenvalue weighted by Gasteiger charge is 2.07. The van der Waals surface area contributed by atoms with Crippen molar-refractivity contribution in [2.45, 2.75) is 19.8 Å². The molecule has 0 fully saturated rings. The topological polar surface area (TPSA) is 63.2 Å². The lowest BCUT2D eigenvalue weighted by molar-refractivity contribution is 0.0948. The van der Waals surface area contributed by atoms with Crippen LogP contribution in [0.2, 0.25) is 5.02 Å². The number of nitrogens with one attached hydrogen (secondary N) is 2. The molecule has 0 unspecified atom stereocenters. The molecule has 0 saturated heterocycles. The van der Waals surface area contributed by atoms with Crippen LogP contribution in [0, 0.1) is 0 Å². The van der Waals surface area contributed by atoms with Gasteiger partial charge < -0.3 is 15.4 Å². The Kier molecular flexibility index (Phi) is 6.23. The Bertz CT molecular complexity index is 659. The Morgan fingerprint density at radius 3 is 2.65 bits per heavy atom. The van der Waals surface area contributed by atoms with Crippen molar-refractivity contribution in [3.63, 3.8) is 0 Å². The van der Waals surface area contributed by atoms with Gasteiger partial charge in [-0.1, -0.05) is 24.9 Å². The van der Waals surface area contributed by atoms with Gasteiger partial charge in [0.25, 0.3) is 5.91 Å². The van der Waals surface area contributed by atoms with Crippen LogP contribution in [0.25, 0.3) is 0 Å². The van der Waals surface area contributed by atoms with E-state index in [1.807, 2.05) is 6.07 Å². The Hall–Kier alpha value is -2.27. The van der Waals surface area contributed by atoms with Gasteiger partial charge in [-0.05, 0) is 36.8 Å². The highest BCUT2D eigenvalue weighted by Crippen LogP contribution is 2.28. The molecule has 2 N–H and O–H groups in total. The van der Waals surface area contributed by atoms with Crippen LogP contribution < -0.4 is 15.4 Å².